The van der Waals surface area contributed by atoms with Crippen molar-refractivity contribution in [1.29, 1.82) is 0 Å². The van der Waals surface area contributed by atoms with Gasteiger partial charge in [0.05, 0.1) is 0 Å². The number of hydrogen-bond donors (Lipinski definition) is 2. The van der Waals surface area contributed by atoms with Gasteiger partial charge in [0.15, 0.2) is 0 Å². The zero-order chi connectivity index (χ0) is 14.5. The molecule has 0 saturated heterocycles. The molecule has 2 N–H and O–H groups in total. The molecule has 4 heteroatoms. The summed E-state index contributed by atoms with van der Waals surface area (Å²) >= 11 is 0. The minimum atomic E-state index is -0.483. The van der Waals surface area contributed by atoms with Gasteiger partial charge in [0.2, 0.25) is 0 Å². The van der Waals surface area contributed by atoms with E-state index in [9.17, 15) is 8.78 Å². The Morgan fingerprint density at radius 2 is 1.79 bits per heavy atom. The lowest BCUT2D eigenvalue weighted by molar-refractivity contribution is 0.417. The second kappa shape index (κ2) is 6.96. The maximum atomic E-state index is 13.7. The van der Waals surface area contributed by atoms with Crippen LogP contribution in [0.1, 0.15) is 38.3 Å². The average molecular weight is 270 g/mol. The van der Waals surface area contributed by atoms with Gasteiger partial charge in [0.25, 0.3) is 0 Å². The summed E-state index contributed by atoms with van der Waals surface area (Å²) in [7, 11) is 0. The van der Waals surface area contributed by atoms with Crippen LogP contribution in [0.25, 0.3) is 0 Å². The summed E-state index contributed by atoms with van der Waals surface area (Å²) in [5.74, 6) is -0.927. The van der Waals surface area contributed by atoms with E-state index in [1.54, 1.807) is 6.92 Å². The minimum absolute atomic E-state index is 0.106. The number of rotatable bonds is 6. The molecule has 108 valence electrons. The lowest BCUT2D eigenvalue weighted by Gasteiger charge is -2.20. The van der Waals surface area contributed by atoms with E-state index in [1.807, 2.05) is 0 Å². The molecule has 0 amide bonds. The Morgan fingerprint density at radius 3 is 2.42 bits per heavy atom. The summed E-state index contributed by atoms with van der Waals surface area (Å²) in [4.78, 5) is 0. The van der Waals surface area contributed by atoms with Gasteiger partial charge in [-0.1, -0.05) is 6.07 Å². The Kier molecular flexibility index (Phi) is 5.88. The Hall–Kier alpha value is -1.00. The van der Waals surface area contributed by atoms with Crippen LogP contribution in [0.15, 0.2) is 12.1 Å². The van der Waals surface area contributed by atoms with Crippen LogP contribution in [0.3, 0.4) is 0 Å². The molecule has 2 nitrogen and oxygen atoms in total. The zero-order valence-corrected chi connectivity index (χ0v) is 12.2. The SMILES string of the molecule is Cc1ccc(F)c(CNCCCNC(C)(C)C)c1F. The molecule has 0 radical (unpaired) electrons. The van der Waals surface area contributed by atoms with Crippen molar-refractivity contribution in [2.45, 2.75) is 46.2 Å². The predicted octanol–water partition coefficient (Wildman–Crippen LogP) is 3.14. The van der Waals surface area contributed by atoms with Crippen molar-refractivity contribution in [1.82, 2.24) is 10.6 Å². The van der Waals surface area contributed by atoms with Crippen LogP contribution in [-0.2, 0) is 6.54 Å². The van der Waals surface area contributed by atoms with Crippen molar-refractivity contribution in [3.05, 3.63) is 34.9 Å². The van der Waals surface area contributed by atoms with Gasteiger partial charge >= 0.3 is 0 Å². The van der Waals surface area contributed by atoms with E-state index in [-0.39, 0.29) is 17.6 Å². The van der Waals surface area contributed by atoms with Crippen LogP contribution in [0.5, 0.6) is 0 Å². The average Bonchev–Trinajstić information content (AvgIpc) is 2.31. The van der Waals surface area contributed by atoms with E-state index in [2.05, 4.69) is 31.4 Å². The van der Waals surface area contributed by atoms with Crippen LogP contribution < -0.4 is 10.6 Å². The van der Waals surface area contributed by atoms with Crippen molar-refractivity contribution in [3.8, 4) is 0 Å². The predicted molar refractivity (Wildman–Crippen MR) is 75.2 cm³/mol. The molecule has 0 spiro atoms. The van der Waals surface area contributed by atoms with Crippen LogP contribution in [-0.4, -0.2) is 18.6 Å². The standard InChI is InChI=1S/C15H24F2N2/c1-11-6-7-13(16)12(14(11)17)10-18-8-5-9-19-15(2,3)4/h6-7,18-19H,5,8-10H2,1-4H3. The molecule has 0 aliphatic carbocycles. The number of aryl methyl sites for hydroxylation is 1. The summed E-state index contributed by atoms with van der Waals surface area (Å²) in [5, 5.41) is 6.44. The molecule has 0 bridgehead atoms. The quantitative estimate of drug-likeness (QED) is 0.776. The van der Waals surface area contributed by atoms with Gasteiger partial charge in [0.1, 0.15) is 11.6 Å². The van der Waals surface area contributed by atoms with E-state index in [4.69, 9.17) is 0 Å². The van der Waals surface area contributed by atoms with E-state index in [0.717, 1.165) is 19.5 Å². The molecular formula is C15H24F2N2. The van der Waals surface area contributed by atoms with Gasteiger partial charge in [0, 0.05) is 17.6 Å². The molecule has 0 aliphatic rings. The Morgan fingerprint density at radius 1 is 1.11 bits per heavy atom. The summed E-state index contributed by atoms with van der Waals surface area (Å²) in [6.07, 6.45) is 0.923. The van der Waals surface area contributed by atoms with Crippen molar-refractivity contribution in [2.75, 3.05) is 13.1 Å². The minimum Gasteiger partial charge on any atom is -0.312 e. The van der Waals surface area contributed by atoms with Crippen molar-refractivity contribution < 1.29 is 8.78 Å². The number of halogens is 2. The third-order valence-electron chi connectivity index (χ3n) is 2.87. The first-order chi connectivity index (χ1) is 8.81. The molecule has 0 atom stereocenters. The molecule has 0 unspecified atom stereocenters. The summed E-state index contributed by atoms with van der Waals surface area (Å²) in [6, 6.07) is 2.78. The van der Waals surface area contributed by atoms with E-state index in [1.165, 1.54) is 12.1 Å². The lowest BCUT2D eigenvalue weighted by atomic mass is 10.1. The van der Waals surface area contributed by atoms with Crippen molar-refractivity contribution in [2.24, 2.45) is 0 Å². The molecule has 19 heavy (non-hydrogen) atoms. The van der Waals surface area contributed by atoms with E-state index in [0.29, 0.717) is 5.56 Å². The largest absolute Gasteiger partial charge is 0.312 e. The van der Waals surface area contributed by atoms with Crippen LogP contribution >= 0.6 is 0 Å². The summed E-state index contributed by atoms with van der Waals surface area (Å²) in [5.41, 5.74) is 0.714. The molecular weight excluding hydrogens is 246 g/mol. The molecule has 0 fully saturated rings. The molecule has 0 saturated carbocycles. The Labute approximate surface area is 114 Å². The zero-order valence-electron chi connectivity index (χ0n) is 12.2. The Balaban J connectivity index is 2.32. The summed E-state index contributed by atoms with van der Waals surface area (Å²) < 4.78 is 27.2. The fourth-order valence-corrected chi connectivity index (χ4v) is 1.77. The first-order valence-corrected chi connectivity index (χ1v) is 6.70. The molecule has 0 aliphatic heterocycles. The number of nitrogens with one attached hydrogen (secondary N) is 2. The second-order valence-electron chi connectivity index (χ2n) is 5.86. The highest BCUT2D eigenvalue weighted by Gasteiger charge is 2.11. The van der Waals surface area contributed by atoms with Crippen molar-refractivity contribution in [3.63, 3.8) is 0 Å². The van der Waals surface area contributed by atoms with E-state index < -0.39 is 11.6 Å². The van der Waals surface area contributed by atoms with Gasteiger partial charge in [-0.2, -0.15) is 0 Å². The molecule has 1 aromatic carbocycles. The fourth-order valence-electron chi connectivity index (χ4n) is 1.77. The topological polar surface area (TPSA) is 24.1 Å². The van der Waals surface area contributed by atoms with Crippen LogP contribution in [0.2, 0.25) is 0 Å². The van der Waals surface area contributed by atoms with Gasteiger partial charge in [-0.25, -0.2) is 8.78 Å². The third-order valence-corrected chi connectivity index (χ3v) is 2.87. The number of hydrogen-bond acceptors (Lipinski definition) is 2. The third kappa shape index (κ3) is 5.66. The van der Waals surface area contributed by atoms with Crippen LogP contribution in [0, 0.1) is 18.6 Å². The van der Waals surface area contributed by atoms with E-state index >= 15 is 0 Å². The molecule has 0 aromatic heterocycles. The van der Waals surface area contributed by atoms with Gasteiger partial charge < -0.3 is 10.6 Å². The van der Waals surface area contributed by atoms with Crippen LogP contribution in [0.4, 0.5) is 8.78 Å². The number of benzene rings is 1. The first kappa shape index (κ1) is 16.1. The first-order valence-electron chi connectivity index (χ1n) is 6.70. The maximum Gasteiger partial charge on any atom is 0.133 e. The second-order valence-corrected chi connectivity index (χ2v) is 5.86. The highest BCUT2D eigenvalue weighted by molar-refractivity contribution is 5.26. The smallest absolute Gasteiger partial charge is 0.133 e. The van der Waals surface area contributed by atoms with Gasteiger partial charge in [-0.3, -0.25) is 0 Å². The normalized spacial score (nSPS) is 11.9. The van der Waals surface area contributed by atoms with Gasteiger partial charge in [-0.05, 0) is 58.8 Å². The molecule has 1 rings (SSSR count). The highest BCUT2D eigenvalue weighted by atomic mass is 19.1. The maximum absolute atomic E-state index is 13.7. The molecule has 0 heterocycles. The Bertz CT molecular complexity index is 411. The highest BCUT2D eigenvalue weighted by Crippen LogP contribution is 2.15. The van der Waals surface area contributed by atoms with Crippen molar-refractivity contribution >= 4 is 0 Å². The fraction of sp³-hybridized carbons (Fsp3) is 0.600. The van der Waals surface area contributed by atoms with Gasteiger partial charge in [-0.15, -0.1) is 0 Å². The summed E-state index contributed by atoms with van der Waals surface area (Å²) in [6.45, 7) is 9.82. The monoisotopic (exact) mass is 270 g/mol. The lowest BCUT2D eigenvalue weighted by Crippen LogP contribution is -2.37. The molecule has 1 aromatic rings.